The summed E-state index contributed by atoms with van der Waals surface area (Å²) in [7, 11) is 1.66. The van der Waals surface area contributed by atoms with Gasteiger partial charge >= 0.3 is 0 Å². The summed E-state index contributed by atoms with van der Waals surface area (Å²) in [6, 6.07) is 0. The molecule has 0 spiro atoms. The lowest BCUT2D eigenvalue weighted by atomic mass is 10.0. The Morgan fingerprint density at radius 2 is 1.35 bits per heavy atom. The standard InChI is InChI=1S/C25H48O6/c1-3-4-5-6-7-8-9-10-11-12-13-22(29-19-28-2)23-16-17-25(31-23)24-15-14-21(30-24)20(27)18-26/h20-27H,3-19H2,1-2H3/t20-,21+,22-,23+,24+,25+/m0/s1. The van der Waals surface area contributed by atoms with Crippen LogP contribution in [0.1, 0.15) is 103 Å². The molecule has 2 fully saturated rings. The third kappa shape index (κ3) is 10.1. The maximum atomic E-state index is 9.83. The van der Waals surface area contributed by atoms with Crippen molar-refractivity contribution in [1.82, 2.24) is 0 Å². The van der Waals surface area contributed by atoms with Crippen molar-refractivity contribution < 1.29 is 29.2 Å². The lowest BCUT2D eigenvalue weighted by Gasteiger charge is -2.26. The highest BCUT2D eigenvalue weighted by molar-refractivity contribution is 4.89. The third-order valence-corrected chi connectivity index (χ3v) is 6.86. The van der Waals surface area contributed by atoms with E-state index in [4.69, 9.17) is 24.1 Å². The van der Waals surface area contributed by atoms with Gasteiger partial charge in [0.25, 0.3) is 0 Å². The fourth-order valence-corrected chi connectivity index (χ4v) is 4.96. The van der Waals surface area contributed by atoms with E-state index >= 15 is 0 Å². The van der Waals surface area contributed by atoms with Crippen molar-refractivity contribution in [3.8, 4) is 0 Å². The average Bonchev–Trinajstić information content (AvgIpc) is 3.46. The zero-order valence-electron chi connectivity index (χ0n) is 20.0. The van der Waals surface area contributed by atoms with E-state index in [0.29, 0.717) is 6.79 Å². The van der Waals surface area contributed by atoms with Crippen LogP contribution in [0.3, 0.4) is 0 Å². The predicted octanol–water partition coefficient (Wildman–Crippen LogP) is 4.73. The van der Waals surface area contributed by atoms with Gasteiger partial charge < -0.3 is 29.2 Å². The Labute approximate surface area is 190 Å². The van der Waals surface area contributed by atoms with E-state index in [1.165, 1.54) is 64.2 Å². The first-order chi connectivity index (χ1) is 15.2. The van der Waals surface area contributed by atoms with Crippen LogP contribution in [0.4, 0.5) is 0 Å². The van der Waals surface area contributed by atoms with Crippen LogP contribution >= 0.6 is 0 Å². The van der Waals surface area contributed by atoms with Gasteiger partial charge in [0, 0.05) is 7.11 Å². The van der Waals surface area contributed by atoms with Crippen LogP contribution in [0, 0.1) is 0 Å². The molecule has 0 aromatic rings. The molecule has 6 heteroatoms. The molecule has 31 heavy (non-hydrogen) atoms. The molecular formula is C25H48O6. The van der Waals surface area contributed by atoms with Crippen LogP contribution in [0.2, 0.25) is 0 Å². The molecule has 6 atom stereocenters. The van der Waals surface area contributed by atoms with E-state index in [1.54, 1.807) is 7.11 Å². The maximum absolute atomic E-state index is 9.83. The second-order valence-electron chi connectivity index (χ2n) is 9.41. The summed E-state index contributed by atoms with van der Waals surface area (Å²) in [6.07, 6.45) is 17.1. The maximum Gasteiger partial charge on any atom is 0.146 e. The number of methoxy groups -OCH3 is 1. The summed E-state index contributed by atoms with van der Waals surface area (Å²) in [4.78, 5) is 0. The van der Waals surface area contributed by atoms with E-state index in [9.17, 15) is 5.11 Å². The first-order valence-corrected chi connectivity index (χ1v) is 12.9. The van der Waals surface area contributed by atoms with E-state index in [-0.39, 0.29) is 37.1 Å². The van der Waals surface area contributed by atoms with Gasteiger partial charge in [0.1, 0.15) is 12.9 Å². The van der Waals surface area contributed by atoms with Crippen molar-refractivity contribution in [1.29, 1.82) is 0 Å². The van der Waals surface area contributed by atoms with Gasteiger partial charge in [-0.1, -0.05) is 71.1 Å². The Bertz CT molecular complexity index is 434. The molecule has 0 bridgehead atoms. The molecule has 0 aliphatic carbocycles. The monoisotopic (exact) mass is 444 g/mol. The molecule has 2 rings (SSSR count). The summed E-state index contributed by atoms with van der Waals surface area (Å²) >= 11 is 0. The number of unbranched alkanes of at least 4 members (excludes halogenated alkanes) is 9. The number of ether oxygens (including phenoxy) is 4. The molecular weight excluding hydrogens is 396 g/mol. The second kappa shape index (κ2) is 16.4. The van der Waals surface area contributed by atoms with Crippen molar-refractivity contribution in [3.63, 3.8) is 0 Å². The van der Waals surface area contributed by atoms with E-state index < -0.39 is 6.10 Å². The zero-order valence-corrected chi connectivity index (χ0v) is 20.0. The number of aliphatic hydroxyl groups is 2. The molecule has 6 nitrogen and oxygen atoms in total. The number of aliphatic hydroxyl groups excluding tert-OH is 2. The number of hydrogen-bond acceptors (Lipinski definition) is 6. The first-order valence-electron chi connectivity index (χ1n) is 12.9. The van der Waals surface area contributed by atoms with Crippen molar-refractivity contribution in [2.75, 3.05) is 20.5 Å². The van der Waals surface area contributed by atoms with E-state index in [1.807, 2.05) is 0 Å². The second-order valence-corrected chi connectivity index (χ2v) is 9.41. The molecule has 2 aliphatic heterocycles. The molecule has 184 valence electrons. The van der Waals surface area contributed by atoms with Crippen molar-refractivity contribution in [2.45, 2.75) is 140 Å². The molecule has 0 radical (unpaired) electrons. The van der Waals surface area contributed by atoms with E-state index in [0.717, 1.165) is 32.1 Å². The summed E-state index contributed by atoms with van der Waals surface area (Å²) in [6.45, 7) is 2.32. The number of rotatable bonds is 18. The fourth-order valence-electron chi connectivity index (χ4n) is 4.96. The summed E-state index contributed by atoms with van der Waals surface area (Å²) < 4.78 is 23.5. The van der Waals surface area contributed by atoms with Crippen LogP contribution in [0.15, 0.2) is 0 Å². The van der Waals surface area contributed by atoms with Crippen LogP contribution in [0.5, 0.6) is 0 Å². The molecule has 0 aromatic heterocycles. The van der Waals surface area contributed by atoms with Crippen LogP contribution in [-0.4, -0.2) is 67.3 Å². The highest BCUT2D eigenvalue weighted by Crippen LogP contribution is 2.34. The fraction of sp³-hybridized carbons (Fsp3) is 1.00. The van der Waals surface area contributed by atoms with Crippen LogP contribution in [-0.2, 0) is 18.9 Å². The minimum absolute atomic E-state index is 0.0107. The molecule has 0 amide bonds. The van der Waals surface area contributed by atoms with Gasteiger partial charge in [-0.25, -0.2) is 0 Å². The SMILES string of the molecule is CCCCCCCCCCCC[C@H](OCOC)[C@H]1CC[C@H]([C@H]2CC[C@H]([C@@H](O)CO)O2)O1. The molecule has 0 saturated carbocycles. The van der Waals surface area contributed by atoms with Gasteiger partial charge in [0.05, 0.1) is 37.1 Å². The Balaban J connectivity index is 1.63. The molecule has 2 aliphatic rings. The summed E-state index contributed by atoms with van der Waals surface area (Å²) in [5.74, 6) is 0. The highest BCUT2D eigenvalue weighted by Gasteiger charge is 2.41. The van der Waals surface area contributed by atoms with Crippen molar-refractivity contribution in [3.05, 3.63) is 0 Å². The molecule has 2 N–H and O–H groups in total. The largest absolute Gasteiger partial charge is 0.394 e. The molecule has 2 heterocycles. The Kier molecular flexibility index (Phi) is 14.3. The predicted molar refractivity (Wildman–Crippen MR) is 122 cm³/mol. The first kappa shape index (κ1) is 27.0. The number of hydrogen-bond donors (Lipinski definition) is 2. The van der Waals surface area contributed by atoms with E-state index in [2.05, 4.69) is 6.92 Å². The molecule has 0 unspecified atom stereocenters. The van der Waals surface area contributed by atoms with Crippen LogP contribution in [0.25, 0.3) is 0 Å². The highest BCUT2D eigenvalue weighted by atomic mass is 16.7. The van der Waals surface area contributed by atoms with Gasteiger partial charge in [-0.3, -0.25) is 0 Å². The minimum Gasteiger partial charge on any atom is -0.394 e. The van der Waals surface area contributed by atoms with Crippen molar-refractivity contribution >= 4 is 0 Å². The van der Waals surface area contributed by atoms with Gasteiger partial charge in [-0.2, -0.15) is 0 Å². The lowest BCUT2D eigenvalue weighted by Crippen LogP contribution is -2.35. The normalized spacial score (nSPS) is 28.3. The van der Waals surface area contributed by atoms with Gasteiger partial charge in [0.15, 0.2) is 0 Å². The molecule has 0 aromatic carbocycles. The zero-order chi connectivity index (χ0) is 22.3. The van der Waals surface area contributed by atoms with Crippen molar-refractivity contribution in [2.24, 2.45) is 0 Å². The summed E-state index contributed by atoms with van der Waals surface area (Å²) in [5, 5.41) is 19.0. The summed E-state index contributed by atoms with van der Waals surface area (Å²) in [5.41, 5.74) is 0. The van der Waals surface area contributed by atoms with Crippen LogP contribution < -0.4 is 0 Å². The Morgan fingerprint density at radius 3 is 1.94 bits per heavy atom. The quantitative estimate of drug-likeness (QED) is 0.235. The Hall–Kier alpha value is -0.240. The topological polar surface area (TPSA) is 77.4 Å². The molecule has 2 saturated heterocycles. The lowest BCUT2D eigenvalue weighted by molar-refractivity contribution is -0.147. The Morgan fingerprint density at radius 1 is 0.806 bits per heavy atom. The van der Waals surface area contributed by atoms with Gasteiger partial charge in [0.2, 0.25) is 0 Å². The smallest absolute Gasteiger partial charge is 0.146 e. The van der Waals surface area contributed by atoms with Gasteiger partial charge in [-0.05, 0) is 32.1 Å². The van der Waals surface area contributed by atoms with Gasteiger partial charge in [-0.15, -0.1) is 0 Å². The third-order valence-electron chi connectivity index (χ3n) is 6.86. The minimum atomic E-state index is -0.795. The average molecular weight is 445 g/mol.